The number of methoxy groups -OCH3 is 1. The topological polar surface area (TPSA) is 92.6 Å². The summed E-state index contributed by atoms with van der Waals surface area (Å²) < 4.78 is 6.10. The minimum Gasteiger partial charge on any atom is -0.507 e. The summed E-state index contributed by atoms with van der Waals surface area (Å²) in [5, 5.41) is 22.9. The Hall–Kier alpha value is -4.47. The molecule has 6 rings (SSSR count). The van der Waals surface area contributed by atoms with Crippen LogP contribution < -0.4 is 9.64 Å². The molecular formula is C33H27N3O4S2. The maximum Gasteiger partial charge on any atom is 0.301 e. The van der Waals surface area contributed by atoms with Gasteiger partial charge >= 0.3 is 5.91 Å². The summed E-state index contributed by atoms with van der Waals surface area (Å²) in [4.78, 5) is 28.5. The standard InChI is InChI=1S/C33H27N3O4S2/c1-19-14-15-20(2)26(16-19)29(37)27-28(22-10-7-12-24(17-22)40-3)36(31(39)30(27)38)32-34-35-33(42-32)41-18-23-11-6-9-21-8-4-5-13-25(21)23/h4-17,28,37H,18H2,1-3H3/b29-27+. The number of hydrogen-bond donors (Lipinski definition) is 1. The molecule has 1 N–H and O–H groups in total. The van der Waals surface area contributed by atoms with Crippen LogP contribution >= 0.6 is 23.1 Å². The fraction of sp³-hybridized carbons (Fsp3) is 0.152. The lowest BCUT2D eigenvalue weighted by atomic mass is 9.93. The average Bonchev–Trinajstić information content (AvgIpc) is 3.58. The van der Waals surface area contributed by atoms with Crippen molar-refractivity contribution in [3.05, 3.63) is 118 Å². The third kappa shape index (κ3) is 5.06. The number of nitrogens with zero attached hydrogens (tertiary/aromatic N) is 3. The Balaban J connectivity index is 1.40. The van der Waals surface area contributed by atoms with E-state index in [0.29, 0.717) is 27.0 Å². The highest BCUT2D eigenvalue weighted by molar-refractivity contribution is 8.00. The van der Waals surface area contributed by atoms with Crippen molar-refractivity contribution >= 4 is 56.5 Å². The number of carbonyl (C=O) groups is 2. The monoisotopic (exact) mass is 593 g/mol. The van der Waals surface area contributed by atoms with Crippen LogP contribution in [0, 0.1) is 13.8 Å². The second-order valence-corrected chi connectivity index (χ2v) is 12.2. The van der Waals surface area contributed by atoms with Gasteiger partial charge in [0, 0.05) is 11.3 Å². The third-order valence-corrected chi connectivity index (χ3v) is 9.44. The Labute approximate surface area is 251 Å². The van der Waals surface area contributed by atoms with Crippen LogP contribution in [0.1, 0.15) is 33.9 Å². The quantitative estimate of drug-likeness (QED) is 0.0699. The van der Waals surface area contributed by atoms with E-state index in [0.717, 1.165) is 11.1 Å². The van der Waals surface area contributed by atoms with Crippen molar-refractivity contribution in [2.75, 3.05) is 12.0 Å². The number of fused-ring (bicyclic) bond motifs is 1. The summed E-state index contributed by atoms with van der Waals surface area (Å²) in [6, 6.07) is 26.3. The lowest BCUT2D eigenvalue weighted by Gasteiger charge is -2.23. The van der Waals surface area contributed by atoms with E-state index in [1.54, 1.807) is 31.4 Å². The molecule has 42 heavy (non-hydrogen) atoms. The van der Waals surface area contributed by atoms with Crippen LogP contribution in [0.4, 0.5) is 5.13 Å². The van der Waals surface area contributed by atoms with Gasteiger partial charge in [-0.1, -0.05) is 95.4 Å². The summed E-state index contributed by atoms with van der Waals surface area (Å²) in [6.45, 7) is 3.77. The molecule has 1 unspecified atom stereocenters. The zero-order valence-corrected chi connectivity index (χ0v) is 24.8. The highest BCUT2D eigenvalue weighted by Crippen LogP contribution is 2.45. The lowest BCUT2D eigenvalue weighted by molar-refractivity contribution is -0.132. The van der Waals surface area contributed by atoms with Crippen molar-refractivity contribution < 1.29 is 19.4 Å². The Morgan fingerprint density at radius 1 is 0.976 bits per heavy atom. The van der Waals surface area contributed by atoms with Gasteiger partial charge in [0.05, 0.1) is 18.7 Å². The molecule has 0 aliphatic carbocycles. The number of rotatable bonds is 7. The Morgan fingerprint density at radius 3 is 2.60 bits per heavy atom. The molecule has 5 aromatic rings. The number of Topliss-reactive ketones (excluding diaryl/α,β-unsaturated/α-hetero) is 1. The van der Waals surface area contributed by atoms with Crippen molar-refractivity contribution in [2.45, 2.75) is 30.0 Å². The molecule has 0 radical (unpaired) electrons. The smallest absolute Gasteiger partial charge is 0.301 e. The minimum absolute atomic E-state index is 0.00196. The van der Waals surface area contributed by atoms with Gasteiger partial charge in [0.1, 0.15) is 11.5 Å². The van der Waals surface area contributed by atoms with Crippen LogP contribution in [-0.4, -0.2) is 34.1 Å². The van der Waals surface area contributed by atoms with Gasteiger partial charge in [-0.05, 0) is 59.5 Å². The van der Waals surface area contributed by atoms with E-state index in [1.807, 2.05) is 50.2 Å². The first-order valence-corrected chi connectivity index (χ1v) is 15.1. The normalized spacial score (nSPS) is 16.4. The second kappa shape index (κ2) is 11.4. The molecule has 1 saturated heterocycles. The predicted octanol–water partition coefficient (Wildman–Crippen LogP) is 7.24. The Kier molecular flexibility index (Phi) is 7.53. The zero-order valence-electron chi connectivity index (χ0n) is 23.2. The van der Waals surface area contributed by atoms with Gasteiger partial charge in [-0.2, -0.15) is 0 Å². The number of aliphatic hydroxyl groups is 1. The fourth-order valence-electron chi connectivity index (χ4n) is 5.21. The number of ether oxygens (including phenoxy) is 1. The molecular weight excluding hydrogens is 567 g/mol. The van der Waals surface area contributed by atoms with Crippen LogP contribution in [0.5, 0.6) is 5.75 Å². The maximum atomic E-state index is 13.6. The van der Waals surface area contributed by atoms with E-state index in [1.165, 1.54) is 44.3 Å². The molecule has 4 aromatic carbocycles. The van der Waals surface area contributed by atoms with Crippen molar-refractivity contribution in [3.8, 4) is 5.75 Å². The van der Waals surface area contributed by atoms with Crippen molar-refractivity contribution in [2.24, 2.45) is 0 Å². The molecule has 9 heteroatoms. The largest absolute Gasteiger partial charge is 0.507 e. The zero-order chi connectivity index (χ0) is 29.4. The number of benzene rings is 4. The van der Waals surface area contributed by atoms with E-state index >= 15 is 0 Å². The lowest BCUT2D eigenvalue weighted by Crippen LogP contribution is -2.29. The number of aryl methyl sites for hydroxylation is 2. The molecule has 2 heterocycles. The summed E-state index contributed by atoms with van der Waals surface area (Å²) in [7, 11) is 1.55. The minimum atomic E-state index is -0.913. The number of ketones is 1. The molecule has 1 fully saturated rings. The van der Waals surface area contributed by atoms with Crippen LogP contribution in [0.15, 0.2) is 94.8 Å². The Morgan fingerprint density at radius 2 is 1.76 bits per heavy atom. The van der Waals surface area contributed by atoms with Crippen LogP contribution in [0.25, 0.3) is 16.5 Å². The molecule has 210 valence electrons. The van der Waals surface area contributed by atoms with Gasteiger partial charge < -0.3 is 9.84 Å². The Bertz CT molecular complexity index is 1880. The van der Waals surface area contributed by atoms with Crippen molar-refractivity contribution in [1.82, 2.24) is 10.2 Å². The number of amides is 1. The molecule has 1 aliphatic heterocycles. The van der Waals surface area contributed by atoms with Crippen molar-refractivity contribution in [3.63, 3.8) is 0 Å². The summed E-state index contributed by atoms with van der Waals surface area (Å²) in [5.74, 6) is -0.535. The fourth-order valence-corrected chi connectivity index (χ4v) is 7.08. The molecule has 1 aromatic heterocycles. The summed E-state index contributed by atoms with van der Waals surface area (Å²) in [6.07, 6.45) is 0. The SMILES string of the molecule is COc1cccc(C2/C(=C(\O)c3cc(C)ccc3C)C(=O)C(=O)N2c2nnc(SCc3cccc4ccccc34)s2)c1. The van der Waals surface area contributed by atoms with Crippen LogP contribution in [0.2, 0.25) is 0 Å². The van der Waals surface area contributed by atoms with Gasteiger partial charge in [0.25, 0.3) is 5.78 Å². The molecule has 1 atom stereocenters. The number of carbonyl (C=O) groups excluding carboxylic acids is 2. The van der Waals surface area contributed by atoms with Gasteiger partial charge in [-0.3, -0.25) is 14.5 Å². The molecule has 0 saturated carbocycles. The summed E-state index contributed by atoms with van der Waals surface area (Å²) >= 11 is 2.76. The first-order chi connectivity index (χ1) is 20.4. The van der Waals surface area contributed by atoms with E-state index in [-0.39, 0.29) is 16.5 Å². The van der Waals surface area contributed by atoms with E-state index in [9.17, 15) is 14.7 Å². The van der Waals surface area contributed by atoms with E-state index < -0.39 is 17.7 Å². The molecule has 0 spiro atoms. The van der Waals surface area contributed by atoms with Crippen molar-refractivity contribution in [1.29, 1.82) is 0 Å². The van der Waals surface area contributed by atoms with Gasteiger partial charge in [0.15, 0.2) is 4.34 Å². The predicted molar refractivity (Wildman–Crippen MR) is 167 cm³/mol. The highest BCUT2D eigenvalue weighted by Gasteiger charge is 2.48. The molecule has 1 aliphatic rings. The number of aromatic nitrogens is 2. The molecule has 1 amide bonds. The number of hydrogen-bond acceptors (Lipinski definition) is 8. The van der Waals surface area contributed by atoms with Gasteiger partial charge in [0.2, 0.25) is 5.13 Å². The van der Waals surface area contributed by atoms with Gasteiger partial charge in [-0.15, -0.1) is 10.2 Å². The highest BCUT2D eigenvalue weighted by atomic mass is 32.2. The first kappa shape index (κ1) is 27.7. The molecule has 0 bridgehead atoms. The summed E-state index contributed by atoms with van der Waals surface area (Å²) in [5.41, 5.74) is 4.00. The number of anilines is 1. The van der Waals surface area contributed by atoms with Gasteiger partial charge in [-0.25, -0.2) is 0 Å². The second-order valence-electron chi connectivity index (χ2n) is 10.0. The first-order valence-electron chi connectivity index (χ1n) is 13.3. The maximum absolute atomic E-state index is 13.6. The van der Waals surface area contributed by atoms with Crippen LogP contribution in [-0.2, 0) is 15.3 Å². The molecule has 7 nitrogen and oxygen atoms in total. The third-order valence-electron chi connectivity index (χ3n) is 7.34. The van der Waals surface area contributed by atoms with E-state index in [4.69, 9.17) is 4.74 Å². The average molecular weight is 594 g/mol. The number of aliphatic hydroxyl groups excluding tert-OH is 1. The number of thioether (sulfide) groups is 1. The van der Waals surface area contributed by atoms with E-state index in [2.05, 4.69) is 34.5 Å². The van der Waals surface area contributed by atoms with Crippen LogP contribution in [0.3, 0.4) is 0 Å².